The van der Waals surface area contributed by atoms with Crippen LogP contribution in [-0.2, 0) is 14.2 Å². The molecule has 22 heavy (non-hydrogen) atoms. The molecule has 0 aromatic heterocycles. The summed E-state index contributed by atoms with van der Waals surface area (Å²) in [5.74, 6) is 0. The molecule has 0 radical (unpaired) electrons. The molecule has 8 heteroatoms. The van der Waals surface area contributed by atoms with Crippen molar-refractivity contribution in [1.29, 1.82) is 0 Å². The van der Waals surface area contributed by atoms with Gasteiger partial charge in [-0.05, 0) is 0 Å². The Bertz CT molecular complexity index is 214. The quantitative estimate of drug-likeness (QED) is 0.178. The minimum atomic E-state index is 0.0109. The average Bonchev–Trinajstić information content (AvgIpc) is 2.50. The second-order valence-corrected chi connectivity index (χ2v) is 4.97. The predicted octanol–water partition coefficient (Wildman–Crippen LogP) is -2.18. The van der Waals surface area contributed by atoms with Crippen LogP contribution in [0.25, 0.3) is 0 Å². The highest BCUT2D eigenvalue weighted by atomic mass is 16.5. The Hall–Kier alpha value is -0.320. The molecule has 134 valence electrons. The summed E-state index contributed by atoms with van der Waals surface area (Å²) in [5.41, 5.74) is 0. The Morgan fingerprint density at radius 2 is 0.864 bits per heavy atom. The van der Waals surface area contributed by atoms with Crippen LogP contribution in [0, 0.1) is 0 Å². The van der Waals surface area contributed by atoms with E-state index in [1.54, 1.807) is 0 Å². The van der Waals surface area contributed by atoms with Gasteiger partial charge in [-0.3, -0.25) is 0 Å². The summed E-state index contributed by atoms with van der Waals surface area (Å²) in [7, 11) is 0. The van der Waals surface area contributed by atoms with E-state index in [0.717, 1.165) is 0 Å². The first-order valence-corrected chi connectivity index (χ1v) is 7.76. The van der Waals surface area contributed by atoms with Crippen molar-refractivity contribution in [2.24, 2.45) is 0 Å². The Kier molecular flexibility index (Phi) is 15.3. The molecule has 0 aromatic rings. The third-order valence-electron chi connectivity index (χ3n) is 3.41. The molecule has 0 aliphatic heterocycles. The fraction of sp³-hybridized carbons (Fsp3) is 1.00. The summed E-state index contributed by atoms with van der Waals surface area (Å²) >= 11 is 0. The fourth-order valence-electron chi connectivity index (χ4n) is 2.17. The van der Waals surface area contributed by atoms with Gasteiger partial charge in [-0.15, -0.1) is 0 Å². The average molecular weight is 326 g/mol. The Labute approximate surface area is 132 Å². The van der Waals surface area contributed by atoms with Crippen molar-refractivity contribution < 1.29 is 39.1 Å². The van der Waals surface area contributed by atoms with E-state index in [2.05, 4.69) is 0 Å². The lowest BCUT2D eigenvalue weighted by molar-refractivity contribution is -0.929. The number of hydrogen-bond donors (Lipinski definition) is 4. The number of rotatable bonds is 17. The molecule has 4 N–H and O–H groups in total. The largest absolute Gasteiger partial charge is 0.394 e. The maximum atomic E-state index is 9.15. The molecule has 0 spiro atoms. The molecule has 0 rings (SSSR count). The zero-order chi connectivity index (χ0) is 16.5. The van der Waals surface area contributed by atoms with E-state index in [9.17, 15) is 0 Å². The molecule has 0 fully saturated rings. The van der Waals surface area contributed by atoms with Crippen LogP contribution in [0.15, 0.2) is 0 Å². The first-order chi connectivity index (χ1) is 10.7. The van der Waals surface area contributed by atoms with E-state index in [0.29, 0.717) is 70.3 Å². The summed E-state index contributed by atoms with van der Waals surface area (Å²) in [6.07, 6.45) is 0. The molecule has 0 aliphatic rings. The Morgan fingerprint density at radius 1 is 0.455 bits per heavy atom. The van der Waals surface area contributed by atoms with Crippen LogP contribution in [-0.4, -0.2) is 117 Å². The highest BCUT2D eigenvalue weighted by Crippen LogP contribution is 2.05. The molecule has 0 atom stereocenters. The van der Waals surface area contributed by atoms with Gasteiger partial charge in [0, 0.05) is 0 Å². The van der Waals surface area contributed by atoms with Crippen LogP contribution >= 0.6 is 0 Å². The minimum Gasteiger partial charge on any atom is -0.394 e. The van der Waals surface area contributed by atoms with Crippen molar-refractivity contribution in [3.63, 3.8) is 0 Å². The number of aliphatic hydroxyl groups is 4. The van der Waals surface area contributed by atoms with Crippen molar-refractivity contribution in [3.8, 4) is 0 Å². The zero-order valence-corrected chi connectivity index (χ0v) is 13.4. The number of nitrogens with zero attached hydrogens (tertiary/aromatic N) is 1. The summed E-state index contributed by atoms with van der Waals surface area (Å²) in [6, 6.07) is 0. The van der Waals surface area contributed by atoms with Crippen molar-refractivity contribution in [1.82, 2.24) is 0 Å². The second-order valence-electron chi connectivity index (χ2n) is 4.97. The SMILES string of the molecule is OCCOCCOCCOCC[N+](CCO)(CCO)CCO. The summed E-state index contributed by atoms with van der Waals surface area (Å²) in [4.78, 5) is 0. The maximum Gasteiger partial charge on any atom is 0.103 e. The molecule has 0 amide bonds. The first-order valence-electron chi connectivity index (χ1n) is 7.76. The van der Waals surface area contributed by atoms with Gasteiger partial charge in [-0.25, -0.2) is 0 Å². The maximum absolute atomic E-state index is 9.15. The van der Waals surface area contributed by atoms with Crippen LogP contribution < -0.4 is 0 Å². The van der Waals surface area contributed by atoms with Crippen molar-refractivity contribution in [3.05, 3.63) is 0 Å². The first kappa shape index (κ1) is 21.7. The Morgan fingerprint density at radius 3 is 1.27 bits per heavy atom. The molecule has 8 nitrogen and oxygen atoms in total. The zero-order valence-electron chi connectivity index (χ0n) is 13.4. The lowest BCUT2D eigenvalue weighted by atomic mass is 10.3. The third kappa shape index (κ3) is 11.3. The summed E-state index contributed by atoms with van der Waals surface area (Å²) in [6.45, 7) is 4.76. The van der Waals surface area contributed by atoms with E-state index in [-0.39, 0.29) is 26.4 Å². The minimum absolute atomic E-state index is 0.0109. The number of quaternary nitrogens is 1. The van der Waals surface area contributed by atoms with Gasteiger partial charge < -0.3 is 39.1 Å². The number of aliphatic hydroxyl groups excluding tert-OH is 4. The molecular weight excluding hydrogens is 294 g/mol. The molecule has 0 saturated heterocycles. The van der Waals surface area contributed by atoms with Gasteiger partial charge in [0.1, 0.15) is 26.2 Å². The summed E-state index contributed by atoms with van der Waals surface area (Å²) < 4.78 is 16.3. The molecule has 0 unspecified atom stereocenters. The van der Waals surface area contributed by atoms with Crippen molar-refractivity contribution in [2.45, 2.75) is 0 Å². The monoisotopic (exact) mass is 326 g/mol. The van der Waals surface area contributed by atoms with E-state index in [1.807, 2.05) is 0 Å². The van der Waals surface area contributed by atoms with Crippen molar-refractivity contribution in [2.75, 3.05) is 92.2 Å². The van der Waals surface area contributed by atoms with Gasteiger partial charge in [0.25, 0.3) is 0 Å². The topological polar surface area (TPSA) is 109 Å². The number of hydrogen-bond acceptors (Lipinski definition) is 7. The Balaban J connectivity index is 3.70. The molecule has 0 saturated carbocycles. The normalized spacial score (nSPS) is 12.0. The standard InChI is InChI=1S/C14H32NO7/c16-5-1-15(2-6-17,3-7-18)4-9-20-11-13-22-14-12-21-10-8-19/h16-19H,1-14H2/q+1. The lowest BCUT2D eigenvalue weighted by Gasteiger charge is -2.37. The molecule has 0 aliphatic carbocycles. The highest BCUT2D eigenvalue weighted by molar-refractivity contribution is 4.45. The van der Waals surface area contributed by atoms with E-state index >= 15 is 0 Å². The van der Waals surface area contributed by atoms with Gasteiger partial charge >= 0.3 is 0 Å². The van der Waals surface area contributed by atoms with E-state index in [1.165, 1.54) is 0 Å². The van der Waals surface area contributed by atoms with Crippen LogP contribution in [0.2, 0.25) is 0 Å². The van der Waals surface area contributed by atoms with Gasteiger partial charge in [0.15, 0.2) is 0 Å². The smallest absolute Gasteiger partial charge is 0.103 e. The predicted molar refractivity (Wildman–Crippen MR) is 80.5 cm³/mol. The molecular formula is C14H32NO7+. The highest BCUT2D eigenvalue weighted by Gasteiger charge is 2.25. The van der Waals surface area contributed by atoms with Gasteiger partial charge in [0.05, 0.1) is 66.1 Å². The van der Waals surface area contributed by atoms with Gasteiger partial charge in [0.2, 0.25) is 0 Å². The van der Waals surface area contributed by atoms with Crippen LogP contribution in [0.4, 0.5) is 0 Å². The van der Waals surface area contributed by atoms with E-state index < -0.39 is 0 Å². The molecule has 0 bridgehead atoms. The van der Waals surface area contributed by atoms with Crippen LogP contribution in [0.5, 0.6) is 0 Å². The number of ether oxygens (including phenoxy) is 3. The van der Waals surface area contributed by atoms with Crippen LogP contribution in [0.3, 0.4) is 0 Å². The molecule has 0 aromatic carbocycles. The summed E-state index contributed by atoms with van der Waals surface area (Å²) in [5, 5.41) is 36.0. The third-order valence-corrected chi connectivity index (χ3v) is 3.41. The molecule has 0 heterocycles. The second kappa shape index (κ2) is 15.6. The lowest BCUT2D eigenvalue weighted by Crippen LogP contribution is -2.55. The van der Waals surface area contributed by atoms with Gasteiger partial charge in [-0.1, -0.05) is 0 Å². The van der Waals surface area contributed by atoms with E-state index in [4.69, 9.17) is 34.6 Å². The van der Waals surface area contributed by atoms with Crippen LogP contribution in [0.1, 0.15) is 0 Å². The fourth-order valence-corrected chi connectivity index (χ4v) is 2.17. The van der Waals surface area contributed by atoms with Crippen molar-refractivity contribution >= 4 is 0 Å². The van der Waals surface area contributed by atoms with Gasteiger partial charge in [-0.2, -0.15) is 0 Å².